The van der Waals surface area contributed by atoms with E-state index in [1.165, 1.54) is 64.7 Å². The van der Waals surface area contributed by atoms with Gasteiger partial charge in [-0.2, -0.15) is 0 Å². The number of hydrogen-bond donors (Lipinski definition) is 5. The largest absolute Gasteiger partial charge is 0.392 e. The summed E-state index contributed by atoms with van der Waals surface area (Å²) in [5.74, 6) is 3.50. The summed E-state index contributed by atoms with van der Waals surface area (Å²) >= 11 is 0. The molecule has 0 radical (unpaired) electrons. The molecule has 0 spiro atoms. The van der Waals surface area contributed by atoms with Crippen molar-refractivity contribution in [2.24, 2.45) is 46.3 Å². The molecule has 1 aromatic rings. The van der Waals surface area contributed by atoms with Gasteiger partial charge in [0.15, 0.2) is 0 Å². The van der Waals surface area contributed by atoms with Gasteiger partial charge < -0.3 is 31.1 Å². The number of allylic oxidation sites excluding steroid dienone is 1. The van der Waals surface area contributed by atoms with Crippen LogP contribution < -0.4 is 21.3 Å². The van der Waals surface area contributed by atoms with Crippen LogP contribution in [-0.4, -0.2) is 60.6 Å². The van der Waals surface area contributed by atoms with E-state index in [0.29, 0.717) is 36.1 Å². The van der Waals surface area contributed by atoms with Crippen molar-refractivity contribution in [2.75, 3.05) is 25.0 Å². The standard InChI is InChI=1S/C46H72N4O6/c1-30(2)9-7-10-31(3)38-17-18-39-37-16-13-34-27-36(21-23-45(34,5)40(37)22-24-46(38,39)6)56-26-8-25-47-41(52)19-20-42(53)49-32(4)44(55)48-28-43(54)50-35-14-11-33(29-51)12-15-35/h11-15,30-32,36-40,51H,7-10,16-29H2,1-6H3,(H,47,52)(H,48,55)(H,49,53)(H,50,54)/t31?,32?,36-,37-,38+,39-,40-,45-,46+/m0/s1. The third-order valence-corrected chi connectivity index (χ3v) is 14.5. The molecule has 0 saturated heterocycles. The number of rotatable bonds is 19. The molecular formula is C46H72N4O6. The Labute approximate surface area is 336 Å². The van der Waals surface area contributed by atoms with Crippen molar-refractivity contribution >= 4 is 29.3 Å². The normalized spacial score (nSPS) is 29.2. The van der Waals surface area contributed by atoms with Crippen molar-refractivity contribution in [3.05, 3.63) is 41.5 Å². The number of anilines is 1. The number of aliphatic hydroxyl groups excluding tert-OH is 1. The van der Waals surface area contributed by atoms with Crippen molar-refractivity contribution in [1.82, 2.24) is 16.0 Å². The number of benzene rings is 1. The number of fused-ring (bicyclic) bond motifs is 5. The van der Waals surface area contributed by atoms with Crippen LogP contribution in [0.3, 0.4) is 0 Å². The zero-order valence-corrected chi connectivity index (χ0v) is 35.2. The molecule has 0 aliphatic heterocycles. The molecule has 0 aromatic heterocycles. The van der Waals surface area contributed by atoms with E-state index in [2.05, 4.69) is 62.0 Å². The van der Waals surface area contributed by atoms with Crippen LogP contribution in [0.5, 0.6) is 0 Å². The molecular weight excluding hydrogens is 705 g/mol. The number of amides is 4. The number of hydrogen-bond acceptors (Lipinski definition) is 6. The lowest BCUT2D eigenvalue weighted by Crippen LogP contribution is -2.51. The maximum atomic E-state index is 12.4. The Hall–Kier alpha value is -3.24. The predicted molar refractivity (Wildman–Crippen MR) is 221 cm³/mol. The molecule has 0 heterocycles. The zero-order valence-electron chi connectivity index (χ0n) is 35.2. The van der Waals surface area contributed by atoms with Crippen LogP contribution in [-0.2, 0) is 30.5 Å². The molecule has 3 saturated carbocycles. The Morgan fingerprint density at radius 2 is 1.61 bits per heavy atom. The molecule has 3 fully saturated rings. The first kappa shape index (κ1) is 43.9. The summed E-state index contributed by atoms with van der Waals surface area (Å²) in [5, 5.41) is 19.8. The lowest BCUT2D eigenvalue weighted by molar-refractivity contribution is -0.130. The van der Waals surface area contributed by atoms with Gasteiger partial charge in [-0.15, -0.1) is 0 Å². The van der Waals surface area contributed by atoms with Gasteiger partial charge in [0.2, 0.25) is 23.6 Å². The maximum Gasteiger partial charge on any atom is 0.243 e. The molecule has 10 nitrogen and oxygen atoms in total. The summed E-state index contributed by atoms with van der Waals surface area (Å²) in [6.07, 6.45) is 17.9. The molecule has 5 N–H and O–H groups in total. The van der Waals surface area contributed by atoms with E-state index in [1.54, 1.807) is 29.8 Å². The first-order chi connectivity index (χ1) is 26.7. The maximum absolute atomic E-state index is 12.4. The van der Waals surface area contributed by atoms with E-state index in [1.807, 2.05) is 0 Å². The van der Waals surface area contributed by atoms with E-state index in [0.717, 1.165) is 53.9 Å². The van der Waals surface area contributed by atoms with E-state index >= 15 is 0 Å². The average molecular weight is 777 g/mol. The van der Waals surface area contributed by atoms with Crippen molar-refractivity contribution in [3.63, 3.8) is 0 Å². The Balaban J connectivity index is 0.947. The average Bonchev–Trinajstić information content (AvgIpc) is 3.53. The molecule has 9 atom stereocenters. The van der Waals surface area contributed by atoms with Crippen molar-refractivity contribution in [3.8, 4) is 0 Å². The number of ether oxygens (including phenoxy) is 1. The van der Waals surface area contributed by atoms with Gasteiger partial charge in [0.25, 0.3) is 0 Å². The molecule has 2 unspecified atom stereocenters. The lowest BCUT2D eigenvalue weighted by Gasteiger charge is -2.58. The summed E-state index contributed by atoms with van der Waals surface area (Å²) in [5.41, 5.74) is 3.72. The van der Waals surface area contributed by atoms with Gasteiger partial charge in [0, 0.05) is 31.7 Å². The van der Waals surface area contributed by atoms with Gasteiger partial charge >= 0.3 is 0 Å². The van der Waals surface area contributed by atoms with E-state index < -0.39 is 23.8 Å². The molecule has 5 rings (SSSR count). The molecule has 4 aliphatic carbocycles. The van der Waals surface area contributed by atoms with Crippen LogP contribution in [0, 0.1) is 46.3 Å². The van der Waals surface area contributed by atoms with Crippen LogP contribution >= 0.6 is 0 Å². The van der Waals surface area contributed by atoms with Crippen molar-refractivity contribution in [1.29, 1.82) is 0 Å². The van der Waals surface area contributed by atoms with E-state index in [-0.39, 0.29) is 38.0 Å². The quantitative estimate of drug-likeness (QED) is 0.0729. The van der Waals surface area contributed by atoms with Crippen LogP contribution in [0.1, 0.15) is 137 Å². The fourth-order valence-electron chi connectivity index (χ4n) is 11.3. The van der Waals surface area contributed by atoms with Crippen molar-refractivity contribution in [2.45, 2.75) is 150 Å². The van der Waals surface area contributed by atoms with Gasteiger partial charge in [0.05, 0.1) is 19.3 Å². The summed E-state index contributed by atoms with van der Waals surface area (Å²) < 4.78 is 6.38. The fourth-order valence-corrected chi connectivity index (χ4v) is 11.3. The summed E-state index contributed by atoms with van der Waals surface area (Å²) in [6.45, 7) is 14.8. The monoisotopic (exact) mass is 777 g/mol. The minimum absolute atomic E-state index is 0.0218. The predicted octanol–water partition coefficient (Wildman–Crippen LogP) is 7.45. The molecule has 56 heavy (non-hydrogen) atoms. The Morgan fingerprint density at radius 3 is 2.34 bits per heavy atom. The highest BCUT2D eigenvalue weighted by molar-refractivity contribution is 5.96. The minimum atomic E-state index is -0.862. The number of aliphatic hydroxyl groups is 1. The molecule has 4 amide bonds. The molecule has 4 aliphatic rings. The van der Waals surface area contributed by atoms with Gasteiger partial charge in [-0.25, -0.2) is 0 Å². The molecule has 10 heteroatoms. The topological polar surface area (TPSA) is 146 Å². The Morgan fingerprint density at radius 1 is 0.857 bits per heavy atom. The molecule has 312 valence electrons. The number of nitrogens with one attached hydrogen (secondary N) is 4. The second kappa shape index (κ2) is 20.0. The zero-order chi connectivity index (χ0) is 40.5. The highest BCUT2D eigenvalue weighted by Crippen LogP contribution is 2.67. The van der Waals surface area contributed by atoms with Gasteiger partial charge in [-0.1, -0.05) is 77.7 Å². The first-order valence-corrected chi connectivity index (χ1v) is 21.9. The van der Waals surface area contributed by atoms with Crippen LogP contribution in [0.15, 0.2) is 35.9 Å². The smallest absolute Gasteiger partial charge is 0.243 e. The second-order valence-corrected chi connectivity index (χ2v) is 18.6. The SMILES string of the molecule is CC(C)CCCC(C)[C@H]1CC[C@H]2[C@@H]3CC=C4C[C@@H](OCCCNC(=O)CCC(=O)NC(C)C(=O)NCC(=O)Nc5ccc(CO)cc5)CC[C@]4(C)[C@H]3CC[C@]12C. The van der Waals surface area contributed by atoms with Gasteiger partial charge in [-0.3, -0.25) is 19.2 Å². The van der Waals surface area contributed by atoms with Crippen LogP contribution in [0.4, 0.5) is 5.69 Å². The van der Waals surface area contributed by atoms with Gasteiger partial charge in [0.1, 0.15) is 6.04 Å². The van der Waals surface area contributed by atoms with Crippen molar-refractivity contribution < 1.29 is 29.0 Å². The Kier molecular flexibility index (Phi) is 15.6. The lowest BCUT2D eigenvalue weighted by atomic mass is 9.47. The first-order valence-electron chi connectivity index (χ1n) is 21.9. The highest BCUT2D eigenvalue weighted by Gasteiger charge is 2.59. The van der Waals surface area contributed by atoms with E-state index in [9.17, 15) is 19.2 Å². The Bertz CT molecular complexity index is 1530. The second-order valence-electron chi connectivity index (χ2n) is 18.6. The molecule has 1 aromatic carbocycles. The minimum Gasteiger partial charge on any atom is -0.392 e. The highest BCUT2D eigenvalue weighted by atomic mass is 16.5. The fraction of sp³-hybridized carbons (Fsp3) is 0.739. The third kappa shape index (κ3) is 11.0. The third-order valence-electron chi connectivity index (χ3n) is 14.5. The summed E-state index contributed by atoms with van der Waals surface area (Å²) in [7, 11) is 0. The number of carbonyl (C=O) groups excluding carboxylic acids is 4. The molecule has 0 bridgehead atoms. The van der Waals surface area contributed by atoms with Crippen LogP contribution in [0.2, 0.25) is 0 Å². The summed E-state index contributed by atoms with van der Waals surface area (Å²) in [6, 6.07) is 5.84. The van der Waals surface area contributed by atoms with Gasteiger partial charge in [-0.05, 0) is 129 Å². The van der Waals surface area contributed by atoms with E-state index in [4.69, 9.17) is 9.84 Å². The van der Waals surface area contributed by atoms with Crippen LogP contribution in [0.25, 0.3) is 0 Å². The number of carbonyl (C=O) groups is 4. The summed E-state index contributed by atoms with van der Waals surface area (Å²) in [4.78, 5) is 49.4.